The molecule has 3 nitrogen and oxygen atoms in total. The van der Waals surface area contributed by atoms with Crippen molar-refractivity contribution < 1.29 is 14.4 Å². The van der Waals surface area contributed by atoms with Crippen LogP contribution in [0, 0.1) is 5.92 Å². The van der Waals surface area contributed by atoms with E-state index in [2.05, 4.69) is 0 Å². The van der Waals surface area contributed by atoms with E-state index in [0.717, 1.165) is 6.92 Å². The molecule has 1 aromatic rings. The average molecular weight is 239 g/mol. The number of hydrogen-bond donors (Lipinski definition) is 0. The predicted molar refractivity (Wildman–Crippen MR) is 60.6 cm³/mol. The number of rotatable bonds is 4. The third-order valence-electron chi connectivity index (χ3n) is 2.26. The van der Waals surface area contributed by atoms with Gasteiger partial charge in [-0.1, -0.05) is 11.6 Å². The van der Waals surface area contributed by atoms with Gasteiger partial charge < -0.3 is 0 Å². The minimum atomic E-state index is -0.932. The van der Waals surface area contributed by atoms with Gasteiger partial charge in [-0.25, -0.2) is 0 Å². The van der Waals surface area contributed by atoms with E-state index in [4.69, 9.17) is 11.6 Å². The lowest BCUT2D eigenvalue weighted by atomic mass is 9.94. The first kappa shape index (κ1) is 12.6. The summed E-state index contributed by atoms with van der Waals surface area (Å²) in [5, 5.41) is 0.516. The van der Waals surface area contributed by atoms with Crippen molar-refractivity contribution in [1.82, 2.24) is 0 Å². The van der Waals surface area contributed by atoms with Crippen molar-refractivity contribution in [2.75, 3.05) is 0 Å². The Morgan fingerprint density at radius 1 is 1.12 bits per heavy atom. The lowest BCUT2D eigenvalue weighted by molar-refractivity contribution is -0.136. The van der Waals surface area contributed by atoms with Gasteiger partial charge in [-0.15, -0.1) is 0 Å². The van der Waals surface area contributed by atoms with Crippen LogP contribution in [0.15, 0.2) is 24.3 Å². The number of halogens is 1. The van der Waals surface area contributed by atoms with Crippen LogP contribution in [0.3, 0.4) is 0 Å². The molecular weight excluding hydrogens is 228 g/mol. The topological polar surface area (TPSA) is 51.2 Å². The second kappa shape index (κ2) is 5.03. The minimum absolute atomic E-state index is 0.364. The lowest BCUT2D eigenvalue weighted by Crippen LogP contribution is -2.26. The predicted octanol–water partition coefficient (Wildman–Crippen LogP) is 2.32. The molecular formula is C12H11ClO3. The molecule has 0 N–H and O–H groups in total. The number of Topliss-reactive ketones (excluding diaryl/α,β-unsaturated/α-hetero) is 3. The Morgan fingerprint density at radius 3 is 2.06 bits per heavy atom. The van der Waals surface area contributed by atoms with Gasteiger partial charge in [0.25, 0.3) is 0 Å². The Hall–Kier alpha value is -1.48. The quantitative estimate of drug-likeness (QED) is 0.460. The van der Waals surface area contributed by atoms with E-state index in [1.54, 1.807) is 12.1 Å². The largest absolute Gasteiger partial charge is 0.293 e. The highest BCUT2D eigenvalue weighted by atomic mass is 35.5. The first-order valence-corrected chi connectivity index (χ1v) is 5.16. The minimum Gasteiger partial charge on any atom is -0.293 e. The van der Waals surface area contributed by atoms with Crippen LogP contribution >= 0.6 is 11.6 Å². The zero-order valence-electron chi connectivity index (χ0n) is 8.99. The molecule has 0 aliphatic rings. The summed E-state index contributed by atoms with van der Waals surface area (Å²) in [4.78, 5) is 34.0. The zero-order chi connectivity index (χ0) is 12.3. The van der Waals surface area contributed by atoms with Gasteiger partial charge in [-0.2, -0.15) is 0 Å². The van der Waals surface area contributed by atoms with Gasteiger partial charge in [0.05, 0.1) is 5.92 Å². The molecule has 1 atom stereocenters. The Labute approximate surface area is 98.4 Å². The molecule has 1 unspecified atom stereocenters. The van der Waals surface area contributed by atoms with Crippen molar-refractivity contribution in [3.05, 3.63) is 34.9 Å². The molecule has 0 fully saturated rings. The zero-order valence-corrected chi connectivity index (χ0v) is 9.75. The van der Waals surface area contributed by atoms with Crippen LogP contribution in [0.5, 0.6) is 0 Å². The summed E-state index contributed by atoms with van der Waals surface area (Å²) >= 11 is 5.68. The normalized spacial score (nSPS) is 11.9. The maximum Gasteiger partial charge on any atom is 0.208 e. The number of carbonyl (C=O) groups is 3. The molecule has 0 aromatic heterocycles. The van der Waals surface area contributed by atoms with Gasteiger partial charge >= 0.3 is 0 Å². The third-order valence-corrected chi connectivity index (χ3v) is 2.51. The van der Waals surface area contributed by atoms with Crippen LogP contribution in [0.1, 0.15) is 24.2 Å². The van der Waals surface area contributed by atoms with E-state index in [1.807, 2.05) is 0 Å². The van der Waals surface area contributed by atoms with E-state index in [0.29, 0.717) is 10.6 Å². The van der Waals surface area contributed by atoms with Gasteiger partial charge in [0.1, 0.15) is 0 Å². The van der Waals surface area contributed by atoms with Crippen molar-refractivity contribution in [1.29, 1.82) is 0 Å². The van der Waals surface area contributed by atoms with Crippen molar-refractivity contribution in [3.8, 4) is 0 Å². The van der Waals surface area contributed by atoms with Gasteiger partial charge in [-0.3, -0.25) is 14.4 Å². The molecule has 84 valence electrons. The van der Waals surface area contributed by atoms with Gasteiger partial charge in [0.15, 0.2) is 11.6 Å². The molecule has 0 aliphatic heterocycles. The van der Waals surface area contributed by atoms with Gasteiger partial charge in [0, 0.05) is 17.5 Å². The number of carbonyl (C=O) groups excluding carboxylic acids is 3. The molecule has 0 spiro atoms. The summed E-state index contributed by atoms with van der Waals surface area (Å²) in [6.07, 6.45) is 0. The van der Waals surface area contributed by atoms with E-state index in [-0.39, 0.29) is 5.78 Å². The third kappa shape index (κ3) is 2.76. The van der Waals surface area contributed by atoms with E-state index < -0.39 is 17.5 Å². The standard InChI is InChI=1S/C12H11ClO3/c1-7(11(15)8(2)14)12(16)9-3-5-10(13)6-4-9/h3-7H,1-2H3. The highest BCUT2D eigenvalue weighted by molar-refractivity contribution is 6.41. The van der Waals surface area contributed by atoms with Crippen LogP contribution < -0.4 is 0 Å². The first-order chi connectivity index (χ1) is 7.43. The average Bonchev–Trinajstić information content (AvgIpc) is 2.27. The van der Waals surface area contributed by atoms with Gasteiger partial charge in [-0.05, 0) is 31.2 Å². The summed E-state index contributed by atoms with van der Waals surface area (Å²) in [7, 11) is 0. The molecule has 0 saturated heterocycles. The van der Waals surface area contributed by atoms with Crippen LogP contribution in [-0.2, 0) is 9.59 Å². The number of benzene rings is 1. The second-order valence-corrected chi connectivity index (χ2v) is 3.95. The highest BCUT2D eigenvalue weighted by Crippen LogP contribution is 2.14. The van der Waals surface area contributed by atoms with Crippen molar-refractivity contribution in [3.63, 3.8) is 0 Å². The fourth-order valence-corrected chi connectivity index (χ4v) is 1.41. The van der Waals surface area contributed by atoms with Crippen LogP contribution in [0.25, 0.3) is 0 Å². The second-order valence-electron chi connectivity index (χ2n) is 3.51. The molecule has 1 rings (SSSR count). The van der Waals surface area contributed by atoms with Crippen molar-refractivity contribution in [2.24, 2.45) is 5.92 Å². The van der Waals surface area contributed by atoms with Crippen molar-refractivity contribution >= 4 is 29.0 Å². The highest BCUT2D eigenvalue weighted by Gasteiger charge is 2.25. The summed E-state index contributed by atoms with van der Waals surface area (Å²) in [6, 6.07) is 6.21. The summed E-state index contributed by atoms with van der Waals surface area (Å²) in [6.45, 7) is 2.59. The molecule has 0 heterocycles. The fourth-order valence-electron chi connectivity index (χ4n) is 1.29. The Bertz CT molecular complexity index is 434. The maximum atomic E-state index is 11.8. The molecule has 0 bridgehead atoms. The summed E-state index contributed by atoms with van der Waals surface area (Å²) in [5.41, 5.74) is 0.381. The van der Waals surface area contributed by atoms with E-state index >= 15 is 0 Å². The molecule has 16 heavy (non-hydrogen) atoms. The van der Waals surface area contributed by atoms with Crippen LogP contribution in [-0.4, -0.2) is 17.3 Å². The van der Waals surface area contributed by atoms with E-state index in [9.17, 15) is 14.4 Å². The summed E-state index contributed by atoms with van der Waals surface area (Å²) < 4.78 is 0. The molecule has 0 saturated carbocycles. The molecule has 1 aromatic carbocycles. The maximum absolute atomic E-state index is 11.8. The van der Waals surface area contributed by atoms with Gasteiger partial charge in [0.2, 0.25) is 5.78 Å². The van der Waals surface area contributed by atoms with Crippen LogP contribution in [0.4, 0.5) is 0 Å². The fraction of sp³-hybridized carbons (Fsp3) is 0.250. The Balaban J connectivity index is 2.90. The smallest absolute Gasteiger partial charge is 0.208 e. The molecule has 0 aliphatic carbocycles. The van der Waals surface area contributed by atoms with E-state index in [1.165, 1.54) is 19.1 Å². The Kier molecular flexibility index (Phi) is 3.96. The number of ketones is 3. The van der Waals surface area contributed by atoms with Crippen molar-refractivity contribution in [2.45, 2.75) is 13.8 Å². The molecule has 4 heteroatoms. The number of hydrogen-bond acceptors (Lipinski definition) is 3. The SMILES string of the molecule is CC(=O)C(=O)C(C)C(=O)c1ccc(Cl)cc1. The monoisotopic (exact) mass is 238 g/mol. The molecule has 0 amide bonds. The van der Waals surface area contributed by atoms with Crippen LogP contribution in [0.2, 0.25) is 5.02 Å². The first-order valence-electron chi connectivity index (χ1n) is 4.78. The molecule has 0 radical (unpaired) electrons. The lowest BCUT2D eigenvalue weighted by Gasteiger charge is -2.07. The summed E-state index contributed by atoms with van der Waals surface area (Å²) in [5.74, 6) is -2.56. The Morgan fingerprint density at radius 2 is 1.62 bits per heavy atom.